The summed E-state index contributed by atoms with van der Waals surface area (Å²) in [5.41, 5.74) is 1.06. The van der Waals surface area contributed by atoms with Crippen molar-refractivity contribution in [1.82, 2.24) is 10.2 Å². The van der Waals surface area contributed by atoms with E-state index >= 15 is 0 Å². The number of likely N-dealkylation sites (tertiary alicyclic amines) is 1. The van der Waals surface area contributed by atoms with Gasteiger partial charge in [-0.05, 0) is 63.1 Å². The number of rotatable bonds is 7. The van der Waals surface area contributed by atoms with Crippen LogP contribution in [0.1, 0.15) is 38.2 Å². The molecule has 0 bridgehead atoms. The van der Waals surface area contributed by atoms with Gasteiger partial charge in [0.1, 0.15) is 11.6 Å². The van der Waals surface area contributed by atoms with E-state index in [9.17, 15) is 9.50 Å². The molecule has 1 heterocycles. The van der Waals surface area contributed by atoms with E-state index in [1.165, 1.54) is 31.9 Å². The number of benzene rings is 2. The summed E-state index contributed by atoms with van der Waals surface area (Å²) in [5.74, 6) is 0.369. The number of anilines is 1. The SMILES string of the molecule is CC1CCCCN1CCCNC(=NCc1cc(Br)ccc1F)Nc1ccccc1O. The largest absolute Gasteiger partial charge is 0.506 e. The van der Waals surface area contributed by atoms with Crippen LogP contribution in [0.25, 0.3) is 0 Å². The van der Waals surface area contributed by atoms with Crippen molar-refractivity contribution in [2.24, 2.45) is 4.99 Å². The molecule has 7 heteroatoms. The molecule has 1 saturated heterocycles. The average Bonchev–Trinajstić information content (AvgIpc) is 2.74. The first kappa shape index (κ1) is 22.6. The van der Waals surface area contributed by atoms with Gasteiger partial charge in [0.2, 0.25) is 0 Å². The second-order valence-electron chi connectivity index (χ2n) is 7.70. The molecule has 2 aromatic rings. The molecule has 0 radical (unpaired) electrons. The zero-order valence-electron chi connectivity index (χ0n) is 17.4. The van der Waals surface area contributed by atoms with E-state index in [1.54, 1.807) is 30.3 Å². The van der Waals surface area contributed by atoms with Gasteiger partial charge in [-0.2, -0.15) is 0 Å². The van der Waals surface area contributed by atoms with Crippen LogP contribution in [0.3, 0.4) is 0 Å². The van der Waals surface area contributed by atoms with Crippen LogP contribution in [-0.2, 0) is 6.54 Å². The Balaban J connectivity index is 1.62. The smallest absolute Gasteiger partial charge is 0.196 e. The minimum Gasteiger partial charge on any atom is -0.506 e. The van der Waals surface area contributed by atoms with Gasteiger partial charge in [0.25, 0.3) is 0 Å². The zero-order chi connectivity index (χ0) is 21.3. The van der Waals surface area contributed by atoms with Gasteiger partial charge in [0.05, 0.1) is 12.2 Å². The number of phenols is 1. The highest BCUT2D eigenvalue weighted by Crippen LogP contribution is 2.22. The van der Waals surface area contributed by atoms with Crippen LogP contribution in [0.4, 0.5) is 10.1 Å². The highest BCUT2D eigenvalue weighted by Gasteiger charge is 2.17. The number of nitrogens with one attached hydrogen (secondary N) is 2. The first-order valence-corrected chi connectivity index (χ1v) is 11.3. The molecule has 0 aliphatic carbocycles. The maximum atomic E-state index is 14.1. The molecular weight excluding hydrogens is 447 g/mol. The van der Waals surface area contributed by atoms with Crippen molar-refractivity contribution < 1.29 is 9.50 Å². The Hall–Kier alpha value is -2.12. The topological polar surface area (TPSA) is 59.9 Å². The number of aliphatic imine (C=N–C) groups is 1. The molecule has 1 fully saturated rings. The van der Waals surface area contributed by atoms with Gasteiger partial charge >= 0.3 is 0 Å². The fourth-order valence-corrected chi connectivity index (χ4v) is 4.06. The number of aromatic hydroxyl groups is 1. The number of para-hydroxylation sites is 2. The van der Waals surface area contributed by atoms with Gasteiger partial charge in [-0.15, -0.1) is 0 Å². The summed E-state index contributed by atoms with van der Waals surface area (Å²) < 4.78 is 14.9. The number of hydrogen-bond acceptors (Lipinski definition) is 3. The van der Waals surface area contributed by atoms with E-state index in [1.807, 2.05) is 6.07 Å². The lowest BCUT2D eigenvalue weighted by Gasteiger charge is -2.33. The van der Waals surface area contributed by atoms with Crippen LogP contribution in [0.2, 0.25) is 0 Å². The Morgan fingerprint density at radius 2 is 2.10 bits per heavy atom. The minimum atomic E-state index is -0.289. The van der Waals surface area contributed by atoms with Crippen molar-refractivity contribution >= 4 is 27.6 Å². The Bertz CT molecular complexity index is 861. The molecule has 0 saturated carbocycles. The van der Waals surface area contributed by atoms with E-state index in [-0.39, 0.29) is 18.1 Å². The normalized spacial score (nSPS) is 17.7. The van der Waals surface area contributed by atoms with Crippen molar-refractivity contribution in [3.63, 3.8) is 0 Å². The summed E-state index contributed by atoms with van der Waals surface area (Å²) in [7, 11) is 0. The van der Waals surface area contributed by atoms with Gasteiger partial charge in [0, 0.05) is 29.2 Å². The van der Waals surface area contributed by atoms with Crippen molar-refractivity contribution in [1.29, 1.82) is 0 Å². The van der Waals surface area contributed by atoms with E-state index in [4.69, 9.17) is 0 Å². The second kappa shape index (κ2) is 11.3. The number of nitrogens with zero attached hydrogens (tertiary/aromatic N) is 2. The van der Waals surface area contributed by atoms with Gasteiger partial charge in [-0.25, -0.2) is 9.38 Å². The first-order chi connectivity index (χ1) is 14.5. The van der Waals surface area contributed by atoms with E-state index in [2.05, 4.69) is 43.4 Å². The van der Waals surface area contributed by atoms with Gasteiger partial charge in [-0.1, -0.05) is 34.5 Å². The molecule has 1 aliphatic rings. The molecule has 30 heavy (non-hydrogen) atoms. The molecule has 2 aromatic carbocycles. The van der Waals surface area contributed by atoms with Crippen molar-refractivity contribution in [2.45, 2.75) is 45.2 Å². The average molecular weight is 477 g/mol. The van der Waals surface area contributed by atoms with Gasteiger partial charge in [0.15, 0.2) is 5.96 Å². The van der Waals surface area contributed by atoms with Crippen LogP contribution < -0.4 is 10.6 Å². The number of halogens is 2. The maximum Gasteiger partial charge on any atom is 0.196 e. The fourth-order valence-electron chi connectivity index (χ4n) is 3.65. The third-order valence-electron chi connectivity index (χ3n) is 5.43. The third kappa shape index (κ3) is 6.71. The highest BCUT2D eigenvalue weighted by molar-refractivity contribution is 9.10. The molecule has 1 atom stereocenters. The van der Waals surface area contributed by atoms with E-state index < -0.39 is 0 Å². The predicted octanol–water partition coefficient (Wildman–Crippen LogP) is 5.12. The summed E-state index contributed by atoms with van der Waals surface area (Å²) in [6.07, 6.45) is 4.85. The number of hydrogen-bond donors (Lipinski definition) is 3. The van der Waals surface area contributed by atoms with Crippen molar-refractivity contribution in [3.8, 4) is 5.75 Å². The molecular formula is C23H30BrFN4O. The van der Waals surface area contributed by atoms with Crippen LogP contribution in [0, 0.1) is 5.82 Å². The Kier molecular flexibility index (Phi) is 8.51. The molecule has 0 amide bonds. The van der Waals surface area contributed by atoms with Crippen molar-refractivity contribution in [3.05, 3.63) is 58.3 Å². The Labute approximate surface area is 186 Å². The van der Waals surface area contributed by atoms with Crippen LogP contribution >= 0.6 is 15.9 Å². The highest BCUT2D eigenvalue weighted by atomic mass is 79.9. The van der Waals surface area contributed by atoms with Crippen LogP contribution in [0.15, 0.2) is 51.9 Å². The predicted molar refractivity (Wildman–Crippen MR) is 124 cm³/mol. The summed E-state index contributed by atoms with van der Waals surface area (Å²) in [6.45, 7) is 5.44. The molecule has 0 spiro atoms. The summed E-state index contributed by atoms with van der Waals surface area (Å²) >= 11 is 3.38. The summed E-state index contributed by atoms with van der Waals surface area (Å²) in [5, 5.41) is 16.5. The molecule has 0 aromatic heterocycles. The Morgan fingerprint density at radius 3 is 2.90 bits per heavy atom. The lowest BCUT2D eigenvalue weighted by molar-refractivity contribution is 0.159. The van der Waals surface area contributed by atoms with Gasteiger partial charge in [-0.3, -0.25) is 0 Å². The van der Waals surface area contributed by atoms with Crippen LogP contribution in [0.5, 0.6) is 5.75 Å². The molecule has 3 N–H and O–H groups in total. The van der Waals surface area contributed by atoms with Crippen LogP contribution in [-0.4, -0.2) is 41.6 Å². The fraction of sp³-hybridized carbons (Fsp3) is 0.435. The quantitative estimate of drug-likeness (QED) is 0.224. The molecule has 1 unspecified atom stereocenters. The number of phenolic OH excluding ortho intramolecular Hbond substituents is 1. The zero-order valence-corrected chi connectivity index (χ0v) is 19.0. The third-order valence-corrected chi connectivity index (χ3v) is 5.92. The second-order valence-corrected chi connectivity index (χ2v) is 8.62. The summed E-state index contributed by atoms with van der Waals surface area (Å²) in [4.78, 5) is 7.08. The minimum absolute atomic E-state index is 0.141. The molecule has 3 rings (SSSR count). The monoisotopic (exact) mass is 476 g/mol. The lowest BCUT2D eigenvalue weighted by Crippen LogP contribution is -2.39. The Morgan fingerprint density at radius 1 is 1.27 bits per heavy atom. The first-order valence-electron chi connectivity index (χ1n) is 10.5. The number of guanidine groups is 1. The standard InChI is InChI=1S/C23H30BrFN4O/c1-17-7-4-5-13-29(17)14-6-12-26-23(28-21-8-2-3-9-22(21)30)27-16-18-15-19(24)10-11-20(18)25/h2-3,8-11,15,17,30H,4-7,12-14,16H2,1H3,(H2,26,27,28). The molecule has 162 valence electrons. The summed E-state index contributed by atoms with van der Waals surface area (Å²) in [6, 6.07) is 12.5. The lowest BCUT2D eigenvalue weighted by atomic mass is 10.0. The van der Waals surface area contributed by atoms with E-state index in [0.29, 0.717) is 23.3 Å². The van der Waals surface area contributed by atoms with Gasteiger partial charge < -0.3 is 20.6 Å². The molecule has 1 aliphatic heterocycles. The van der Waals surface area contributed by atoms with E-state index in [0.717, 1.165) is 24.0 Å². The van der Waals surface area contributed by atoms with Crippen molar-refractivity contribution in [2.75, 3.05) is 25.0 Å². The maximum absolute atomic E-state index is 14.1. The molecule has 5 nitrogen and oxygen atoms in total. The number of piperidine rings is 1.